The number of phenolic OH excluding ortho intramolecular Hbond substituents is 1. The van der Waals surface area contributed by atoms with Gasteiger partial charge in [-0.3, -0.25) is 4.79 Å². The number of halogens is 1. The second-order valence-electron chi connectivity index (χ2n) is 5.48. The van der Waals surface area contributed by atoms with Gasteiger partial charge in [-0.2, -0.15) is 0 Å². The summed E-state index contributed by atoms with van der Waals surface area (Å²) in [5, 5.41) is 19.6. The van der Waals surface area contributed by atoms with Gasteiger partial charge in [0, 0.05) is 31.4 Å². The Labute approximate surface area is 175 Å². The number of esters is 1. The standard InChI is InChI=1S/C9H21N3.C6H5ClO.C3H6O2.Zn/c1-4-10-6-2-8-12-9-3-7-11-5-1;7-5-1-3-6(8)4-2-5;1-3(4)5-2;/h10-12H,1-9H2;1-4,8H;1-2H3;. The van der Waals surface area contributed by atoms with Gasteiger partial charge in [-0.15, -0.1) is 0 Å². The van der Waals surface area contributed by atoms with Crippen LogP contribution in [0.5, 0.6) is 5.75 Å². The number of methoxy groups -OCH3 is 1. The predicted octanol–water partition coefficient (Wildman–Crippen LogP) is 2.16. The minimum atomic E-state index is -0.245. The molecule has 1 aromatic carbocycles. The van der Waals surface area contributed by atoms with Gasteiger partial charge in [-0.25, -0.2) is 0 Å². The van der Waals surface area contributed by atoms with E-state index in [9.17, 15) is 4.79 Å². The number of ether oxygens (including phenoxy) is 1. The first-order chi connectivity index (χ1) is 12.1. The topological polar surface area (TPSA) is 82.6 Å². The van der Waals surface area contributed by atoms with E-state index in [1.165, 1.54) is 33.3 Å². The summed E-state index contributed by atoms with van der Waals surface area (Å²) in [5.74, 6) is -0.000556. The Morgan fingerprint density at radius 2 is 1.23 bits per heavy atom. The van der Waals surface area contributed by atoms with Crippen molar-refractivity contribution < 1.29 is 34.1 Å². The number of rotatable bonds is 0. The van der Waals surface area contributed by atoms with Gasteiger partial charge in [0.2, 0.25) is 0 Å². The van der Waals surface area contributed by atoms with Crippen molar-refractivity contribution in [1.82, 2.24) is 16.0 Å². The molecule has 1 fully saturated rings. The molecule has 26 heavy (non-hydrogen) atoms. The van der Waals surface area contributed by atoms with Crippen LogP contribution in [0.15, 0.2) is 24.3 Å². The Morgan fingerprint density at radius 1 is 0.923 bits per heavy atom. The van der Waals surface area contributed by atoms with Crippen molar-refractivity contribution in [3.63, 3.8) is 0 Å². The maximum Gasteiger partial charge on any atom is 0.302 e. The molecule has 0 radical (unpaired) electrons. The molecule has 0 amide bonds. The number of hydrogen-bond acceptors (Lipinski definition) is 6. The van der Waals surface area contributed by atoms with E-state index >= 15 is 0 Å². The van der Waals surface area contributed by atoms with E-state index in [1.54, 1.807) is 24.3 Å². The van der Waals surface area contributed by atoms with Gasteiger partial charge in [0.05, 0.1) is 7.11 Å². The van der Waals surface area contributed by atoms with Crippen molar-refractivity contribution in [1.29, 1.82) is 0 Å². The fourth-order valence-corrected chi connectivity index (χ4v) is 1.96. The summed E-state index contributed by atoms with van der Waals surface area (Å²) in [5.41, 5.74) is 0. The van der Waals surface area contributed by atoms with Gasteiger partial charge in [0.25, 0.3) is 0 Å². The Bertz CT molecular complexity index is 372. The zero-order chi connectivity index (χ0) is 18.8. The number of aromatic hydroxyl groups is 1. The van der Waals surface area contributed by atoms with Gasteiger partial charge in [0.15, 0.2) is 0 Å². The van der Waals surface area contributed by atoms with Crippen LogP contribution in [0.2, 0.25) is 5.02 Å². The van der Waals surface area contributed by atoms with Crippen molar-refractivity contribution in [2.75, 3.05) is 46.4 Å². The summed E-state index contributed by atoms with van der Waals surface area (Å²) in [7, 11) is 1.35. The SMILES string of the molecule is C1CNCCCNCCCNC1.COC(C)=O.Oc1ccc(Cl)cc1.[Zn]. The normalized spacial score (nSPS) is 15.2. The summed E-state index contributed by atoms with van der Waals surface area (Å²) < 4.78 is 4.11. The number of carbonyl (C=O) groups is 1. The van der Waals surface area contributed by atoms with E-state index in [1.807, 2.05) is 0 Å². The van der Waals surface area contributed by atoms with Crippen LogP contribution in [0.25, 0.3) is 0 Å². The summed E-state index contributed by atoms with van der Waals surface area (Å²) in [6.07, 6.45) is 3.77. The average molecular weight is 439 g/mol. The monoisotopic (exact) mass is 437 g/mol. The van der Waals surface area contributed by atoms with Crippen LogP contribution in [0, 0.1) is 0 Å². The molecule has 8 heteroatoms. The third-order valence-electron chi connectivity index (χ3n) is 3.24. The Hall–Kier alpha value is -0.717. The molecule has 1 aromatic rings. The van der Waals surface area contributed by atoms with Crippen LogP contribution >= 0.6 is 11.6 Å². The first-order valence-electron chi connectivity index (χ1n) is 8.67. The number of hydrogen-bond donors (Lipinski definition) is 4. The largest absolute Gasteiger partial charge is 0.508 e. The molecule has 0 spiro atoms. The van der Waals surface area contributed by atoms with Crippen molar-refractivity contribution in [3.05, 3.63) is 29.3 Å². The van der Waals surface area contributed by atoms with E-state index in [0.717, 1.165) is 39.3 Å². The van der Waals surface area contributed by atoms with Crippen LogP contribution in [0.4, 0.5) is 0 Å². The first kappa shape index (κ1) is 27.5. The first-order valence-corrected chi connectivity index (χ1v) is 9.05. The molecule has 0 atom stereocenters. The second kappa shape index (κ2) is 20.6. The summed E-state index contributed by atoms with van der Waals surface area (Å²) in [6, 6.07) is 6.36. The number of nitrogens with one attached hydrogen (secondary N) is 3. The van der Waals surface area contributed by atoms with Crippen LogP contribution in [0.1, 0.15) is 26.2 Å². The van der Waals surface area contributed by atoms with Crippen molar-refractivity contribution in [3.8, 4) is 5.75 Å². The third-order valence-corrected chi connectivity index (χ3v) is 3.49. The van der Waals surface area contributed by atoms with Crippen LogP contribution in [-0.4, -0.2) is 57.5 Å². The Kier molecular flexibility index (Phi) is 21.8. The molecule has 0 bridgehead atoms. The fraction of sp³-hybridized carbons (Fsp3) is 0.611. The summed E-state index contributed by atoms with van der Waals surface area (Å²) >= 11 is 5.50. The smallest absolute Gasteiger partial charge is 0.302 e. The molecular formula is C18H32ClN3O3Zn. The second-order valence-corrected chi connectivity index (χ2v) is 5.92. The van der Waals surface area contributed by atoms with Crippen LogP contribution < -0.4 is 16.0 Å². The minimum Gasteiger partial charge on any atom is -0.508 e. The molecule has 1 saturated heterocycles. The third kappa shape index (κ3) is 21.3. The van der Waals surface area contributed by atoms with Crippen LogP contribution in [0.3, 0.4) is 0 Å². The van der Waals surface area contributed by atoms with E-state index in [-0.39, 0.29) is 31.2 Å². The van der Waals surface area contributed by atoms with Gasteiger partial charge in [-0.1, -0.05) is 11.6 Å². The van der Waals surface area contributed by atoms with Gasteiger partial charge in [0.1, 0.15) is 5.75 Å². The average Bonchev–Trinajstić information content (AvgIpc) is 2.59. The maximum absolute atomic E-state index is 9.59. The molecular weight excluding hydrogens is 407 g/mol. The molecule has 146 valence electrons. The van der Waals surface area contributed by atoms with Crippen molar-refractivity contribution in [2.24, 2.45) is 0 Å². The van der Waals surface area contributed by atoms with Crippen molar-refractivity contribution >= 4 is 17.6 Å². The zero-order valence-electron chi connectivity index (χ0n) is 16.0. The quantitative estimate of drug-likeness (QED) is 0.367. The summed E-state index contributed by atoms with van der Waals surface area (Å²) in [6.45, 7) is 8.32. The molecule has 1 aliphatic heterocycles. The number of benzene rings is 1. The molecule has 1 heterocycles. The molecule has 0 saturated carbocycles. The summed E-state index contributed by atoms with van der Waals surface area (Å²) in [4.78, 5) is 9.59. The molecule has 4 N–H and O–H groups in total. The van der Waals surface area contributed by atoms with Gasteiger partial charge in [-0.05, 0) is 82.8 Å². The Balaban J connectivity index is 0. The van der Waals surface area contributed by atoms with E-state index in [4.69, 9.17) is 16.7 Å². The van der Waals surface area contributed by atoms with Crippen molar-refractivity contribution in [2.45, 2.75) is 26.2 Å². The predicted molar refractivity (Wildman–Crippen MR) is 103 cm³/mol. The van der Waals surface area contributed by atoms with Gasteiger partial charge >= 0.3 is 5.97 Å². The zero-order valence-corrected chi connectivity index (χ0v) is 19.7. The molecule has 2 rings (SSSR count). The Morgan fingerprint density at radius 3 is 1.46 bits per heavy atom. The number of phenols is 1. The number of carbonyl (C=O) groups excluding carboxylic acids is 1. The molecule has 1 aliphatic rings. The van der Waals surface area contributed by atoms with Gasteiger partial charge < -0.3 is 25.8 Å². The van der Waals surface area contributed by atoms with Crippen LogP contribution in [-0.2, 0) is 29.0 Å². The molecule has 0 unspecified atom stereocenters. The molecule has 0 aromatic heterocycles. The molecule has 6 nitrogen and oxygen atoms in total. The van der Waals surface area contributed by atoms with E-state index in [2.05, 4.69) is 20.7 Å². The van der Waals surface area contributed by atoms with E-state index in [0.29, 0.717) is 5.02 Å². The molecule has 0 aliphatic carbocycles. The van der Waals surface area contributed by atoms with E-state index < -0.39 is 0 Å². The maximum atomic E-state index is 9.59. The minimum absolute atomic E-state index is 0. The fourth-order valence-electron chi connectivity index (χ4n) is 1.83.